The molecule has 0 spiro atoms. The second-order valence-electron chi connectivity index (χ2n) is 4.11. The Morgan fingerprint density at radius 2 is 2.19 bits per heavy atom. The van der Waals surface area contributed by atoms with Gasteiger partial charge in [-0.05, 0) is 29.7 Å². The number of nitrogen functional groups attached to an aromatic ring is 1. The average molecular weight is 243 g/mol. The van der Waals surface area contributed by atoms with Gasteiger partial charge in [0.15, 0.2) is 0 Å². The summed E-state index contributed by atoms with van der Waals surface area (Å²) in [5.41, 5.74) is 6.85. The number of halogens is 1. The maximum Gasteiger partial charge on any atom is 0.123 e. The van der Waals surface area contributed by atoms with E-state index in [1.807, 2.05) is 0 Å². The molecule has 0 aromatic heterocycles. The number of benzene rings is 1. The highest BCUT2D eigenvalue weighted by Crippen LogP contribution is 2.16. The third kappa shape index (κ3) is 3.93. The second-order valence-corrected chi connectivity index (χ2v) is 5.61. The maximum absolute atomic E-state index is 13.0. The summed E-state index contributed by atoms with van der Waals surface area (Å²) in [5.74, 6) is 1.08. The predicted octanol–water partition coefficient (Wildman–Crippen LogP) is 2.70. The molecule has 0 heterocycles. The number of hydrogen-bond donors (Lipinski definition) is 1. The molecule has 0 radical (unpaired) electrons. The van der Waals surface area contributed by atoms with Crippen molar-refractivity contribution in [3.63, 3.8) is 0 Å². The Kier molecular flexibility index (Phi) is 4.93. The Hall–Kier alpha value is -0.900. The minimum atomic E-state index is -0.966. The number of anilines is 1. The topological polar surface area (TPSA) is 43.1 Å². The highest BCUT2D eigenvalue weighted by atomic mass is 32.2. The third-order valence-corrected chi connectivity index (χ3v) is 4.16. The monoisotopic (exact) mass is 243 g/mol. The lowest BCUT2D eigenvalue weighted by Crippen LogP contribution is -2.10. The van der Waals surface area contributed by atoms with Crippen LogP contribution in [0.1, 0.15) is 25.8 Å². The van der Waals surface area contributed by atoms with Crippen molar-refractivity contribution in [1.29, 1.82) is 0 Å². The summed E-state index contributed by atoms with van der Waals surface area (Å²) in [5, 5.41) is 0. The van der Waals surface area contributed by atoms with E-state index >= 15 is 0 Å². The normalized spacial score (nSPS) is 14.7. The number of nitrogens with two attached hydrogens (primary N) is 1. The van der Waals surface area contributed by atoms with Crippen molar-refractivity contribution >= 4 is 16.5 Å². The van der Waals surface area contributed by atoms with E-state index in [9.17, 15) is 8.60 Å². The van der Waals surface area contributed by atoms with E-state index in [-0.39, 0.29) is 5.82 Å². The lowest BCUT2D eigenvalue weighted by Gasteiger charge is -2.09. The smallest absolute Gasteiger partial charge is 0.123 e. The van der Waals surface area contributed by atoms with Gasteiger partial charge in [-0.25, -0.2) is 4.39 Å². The number of hydrogen-bond acceptors (Lipinski definition) is 2. The van der Waals surface area contributed by atoms with E-state index in [2.05, 4.69) is 13.8 Å². The van der Waals surface area contributed by atoms with Crippen LogP contribution in [0.4, 0.5) is 10.1 Å². The van der Waals surface area contributed by atoms with E-state index in [4.69, 9.17) is 5.73 Å². The van der Waals surface area contributed by atoms with Crippen molar-refractivity contribution in [2.45, 2.75) is 26.0 Å². The van der Waals surface area contributed by atoms with Gasteiger partial charge in [0.25, 0.3) is 0 Å². The fourth-order valence-electron chi connectivity index (χ4n) is 1.37. The minimum absolute atomic E-state index is 0.329. The van der Waals surface area contributed by atoms with Gasteiger partial charge in [0, 0.05) is 22.2 Å². The Morgan fingerprint density at radius 1 is 1.50 bits per heavy atom. The van der Waals surface area contributed by atoms with Crippen LogP contribution in [0.25, 0.3) is 0 Å². The molecule has 0 bridgehead atoms. The summed E-state index contributed by atoms with van der Waals surface area (Å²) in [6.45, 7) is 4.13. The summed E-state index contributed by atoms with van der Waals surface area (Å²) in [7, 11) is -0.966. The molecule has 1 aromatic carbocycles. The lowest BCUT2D eigenvalue weighted by atomic mass is 10.2. The van der Waals surface area contributed by atoms with Gasteiger partial charge < -0.3 is 5.73 Å². The van der Waals surface area contributed by atoms with Crippen molar-refractivity contribution in [1.82, 2.24) is 0 Å². The molecule has 90 valence electrons. The van der Waals surface area contributed by atoms with Gasteiger partial charge in [-0.3, -0.25) is 4.21 Å². The van der Waals surface area contributed by atoms with Crippen LogP contribution in [0.15, 0.2) is 18.2 Å². The first-order chi connectivity index (χ1) is 7.52. The van der Waals surface area contributed by atoms with Crippen LogP contribution in [0, 0.1) is 11.7 Å². The van der Waals surface area contributed by atoms with Gasteiger partial charge in [0.2, 0.25) is 0 Å². The molecule has 1 rings (SSSR count). The van der Waals surface area contributed by atoms with Gasteiger partial charge in [0.05, 0.1) is 5.75 Å². The van der Waals surface area contributed by atoms with E-state index in [1.54, 1.807) is 0 Å². The first kappa shape index (κ1) is 13.2. The van der Waals surface area contributed by atoms with Crippen molar-refractivity contribution in [2.24, 2.45) is 5.92 Å². The molecule has 2 nitrogen and oxygen atoms in total. The van der Waals surface area contributed by atoms with Crippen LogP contribution >= 0.6 is 0 Å². The lowest BCUT2D eigenvalue weighted by molar-refractivity contribution is 0.614. The largest absolute Gasteiger partial charge is 0.398 e. The molecule has 0 aliphatic heterocycles. The quantitative estimate of drug-likeness (QED) is 0.808. The van der Waals surface area contributed by atoms with Crippen LogP contribution in [0.2, 0.25) is 0 Å². The zero-order chi connectivity index (χ0) is 12.1. The predicted molar refractivity (Wildman–Crippen MR) is 67.0 cm³/mol. The SMILES string of the molecule is CCC(C)CS(=O)Cc1cc(F)ccc1N. The Labute approximate surface area is 98.5 Å². The highest BCUT2D eigenvalue weighted by Gasteiger charge is 2.09. The van der Waals surface area contributed by atoms with E-state index < -0.39 is 10.8 Å². The molecule has 2 N–H and O–H groups in total. The van der Waals surface area contributed by atoms with Gasteiger partial charge in [-0.15, -0.1) is 0 Å². The fourth-order valence-corrected chi connectivity index (χ4v) is 2.95. The molecule has 0 saturated carbocycles. The molecule has 0 amide bonds. The summed E-state index contributed by atoms with van der Waals surface area (Å²) < 4.78 is 24.8. The van der Waals surface area contributed by atoms with E-state index in [0.717, 1.165) is 6.42 Å². The molecule has 0 saturated heterocycles. The molecule has 4 heteroatoms. The van der Waals surface area contributed by atoms with E-state index in [1.165, 1.54) is 18.2 Å². The van der Waals surface area contributed by atoms with Crippen LogP contribution in [0.5, 0.6) is 0 Å². The van der Waals surface area contributed by atoms with Crippen LogP contribution < -0.4 is 5.73 Å². The van der Waals surface area contributed by atoms with Gasteiger partial charge >= 0.3 is 0 Å². The zero-order valence-corrected chi connectivity index (χ0v) is 10.5. The van der Waals surface area contributed by atoms with Gasteiger partial charge in [-0.1, -0.05) is 20.3 Å². The van der Waals surface area contributed by atoms with Crippen molar-refractivity contribution in [3.8, 4) is 0 Å². The Balaban J connectivity index is 2.65. The standard InChI is InChI=1S/C12H18FNOS/c1-3-9(2)7-16(15)8-10-6-11(13)4-5-12(10)14/h4-6,9H,3,7-8,14H2,1-2H3. The molecule has 0 aliphatic rings. The van der Waals surface area contributed by atoms with Gasteiger partial charge in [-0.2, -0.15) is 0 Å². The molecular formula is C12H18FNOS. The van der Waals surface area contributed by atoms with Gasteiger partial charge in [0.1, 0.15) is 5.82 Å². The highest BCUT2D eigenvalue weighted by molar-refractivity contribution is 7.84. The molecule has 2 unspecified atom stereocenters. The summed E-state index contributed by atoms with van der Waals surface area (Å²) in [6.07, 6.45) is 1.00. The summed E-state index contributed by atoms with van der Waals surface area (Å²) in [6, 6.07) is 4.20. The Morgan fingerprint density at radius 3 is 2.81 bits per heavy atom. The Bertz CT molecular complexity index is 381. The average Bonchev–Trinajstić information content (AvgIpc) is 2.23. The second kappa shape index (κ2) is 5.99. The molecular weight excluding hydrogens is 225 g/mol. The zero-order valence-electron chi connectivity index (χ0n) is 9.70. The van der Waals surface area contributed by atoms with Crippen LogP contribution in [-0.2, 0) is 16.6 Å². The summed E-state index contributed by atoms with van der Waals surface area (Å²) >= 11 is 0. The summed E-state index contributed by atoms with van der Waals surface area (Å²) in [4.78, 5) is 0. The molecule has 2 atom stereocenters. The fraction of sp³-hybridized carbons (Fsp3) is 0.500. The first-order valence-corrected chi connectivity index (χ1v) is 6.90. The molecule has 0 fully saturated rings. The molecule has 0 aliphatic carbocycles. The first-order valence-electron chi connectivity index (χ1n) is 5.41. The van der Waals surface area contributed by atoms with Crippen molar-refractivity contribution < 1.29 is 8.60 Å². The van der Waals surface area contributed by atoms with Crippen molar-refractivity contribution in [2.75, 3.05) is 11.5 Å². The van der Waals surface area contributed by atoms with E-state index in [0.29, 0.717) is 28.7 Å². The third-order valence-electron chi connectivity index (χ3n) is 2.59. The maximum atomic E-state index is 13.0. The number of rotatable bonds is 5. The molecule has 16 heavy (non-hydrogen) atoms. The molecule has 1 aromatic rings. The van der Waals surface area contributed by atoms with Crippen LogP contribution in [-0.4, -0.2) is 9.96 Å². The minimum Gasteiger partial charge on any atom is -0.398 e. The van der Waals surface area contributed by atoms with Crippen LogP contribution in [0.3, 0.4) is 0 Å². The van der Waals surface area contributed by atoms with Crippen molar-refractivity contribution in [3.05, 3.63) is 29.6 Å².